The third-order valence-corrected chi connectivity index (χ3v) is 5.16. The topological polar surface area (TPSA) is 41.6 Å². The Hall–Kier alpha value is -0.910. The first-order chi connectivity index (χ1) is 10.2. The summed E-state index contributed by atoms with van der Waals surface area (Å²) < 4.78 is 5.61. The van der Waals surface area contributed by atoms with E-state index >= 15 is 0 Å². The minimum Gasteiger partial charge on any atom is -0.379 e. The second-order valence-corrected chi connectivity index (χ2v) is 7.36. The summed E-state index contributed by atoms with van der Waals surface area (Å²) in [6, 6.07) is 4.32. The van der Waals surface area contributed by atoms with Gasteiger partial charge in [0.15, 0.2) is 0 Å². The van der Waals surface area contributed by atoms with Crippen molar-refractivity contribution >= 4 is 17.2 Å². The summed E-state index contributed by atoms with van der Waals surface area (Å²) in [5.74, 6) is 0.760. The predicted molar refractivity (Wildman–Crippen MR) is 84.1 cm³/mol. The number of nitrogens with one attached hydrogen (secondary N) is 1. The van der Waals surface area contributed by atoms with E-state index < -0.39 is 0 Å². The van der Waals surface area contributed by atoms with E-state index in [4.69, 9.17) is 4.74 Å². The SMILES string of the molecule is CC(C)CC1NC(c2cccs2)N(C2CCCOC2)C1=O. The second kappa shape index (κ2) is 6.46. The highest BCUT2D eigenvalue weighted by atomic mass is 32.1. The molecule has 3 unspecified atom stereocenters. The monoisotopic (exact) mass is 308 g/mol. The highest BCUT2D eigenvalue weighted by molar-refractivity contribution is 7.10. The fourth-order valence-electron chi connectivity index (χ4n) is 3.29. The Morgan fingerprint density at radius 2 is 2.38 bits per heavy atom. The zero-order valence-corrected chi connectivity index (χ0v) is 13.6. The molecule has 0 aliphatic carbocycles. The smallest absolute Gasteiger partial charge is 0.241 e. The largest absolute Gasteiger partial charge is 0.379 e. The second-order valence-electron chi connectivity index (χ2n) is 6.38. The molecule has 3 rings (SSSR count). The van der Waals surface area contributed by atoms with E-state index in [1.165, 1.54) is 4.88 Å². The van der Waals surface area contributed by atoms with Crippen molar-refractivity contribution in [3.8, 4) is 0 Å². The van der Waals surface area contributed by atoms with Gasteiger partial charge in [-0.2, -0.15) is 0 Å². The average Bonchev–Trinajstić information content (AvgIpc) is 3.08. The van der Waals surface area contributed by atoms with Crippen molar-refractivity contribution in [3.63, 3.8) is 0 Å². The molecule has 3 atom stereocenters. The maximum atomic E-state index is 12.9. The number of amides is 1. The van der Waals surface area contributed by atoms with Crippen LogP contribution in [0.25, 0.3) is 0 Å². The average molecular weight is 308 g/mol. The number of rotatable bonds is 4. The predicted octanol–water partition coefficient (Wildman–Crippen LogP) is 2.77. The van der Waals surface area contributed by atoms with Crippen LogP contribution < -0.4 is 5.32 Å². The van der Waals surface area contributed by atoms with Gasteiger partial charge >= 0.3 is 0 Å². The summed E-state index contributed by atoms with van der Waals surface area (Å²) in [6.07, 6.45) is 3.00. The van der Waals surface area contributed by atoms with Gasteiger partial charge in [-0.3, -0.25) is 10.1 Å². The molecule has 1 aromatic rings. The fraction of sp³-hybridized carbons (Fsp3) is 0.688. The van der Waals surface area contributed by atoms with Gasteiger partial charge in [0.05, 0.1) is 18.7 Å². The number of carbonyl (C=O) groups excluding carboxylic acids is 1. The van der Waals surface area contributed by atoms with Gasteiger partial charge in [0.25, 0.3) is 0 Å². The molecule has 3 heterocycles. The van der Waals surface area contributed by atoms with Gasteiger partial charge in [0, 0.05) is 11.5 Å². The van der Waals surface area contributed by atoms with Crippen LogP contribution in [0.5, 0.6) is 0 Å². The molecule has 1 N–H and O–H groups in total. The lowest BCUT2D eigenvalue weighted by Crippen LogP contribution is -2.44. The molecule has 0 radical (unpaired) electrons. The van der Waals surface area contributed by atoms with Crippen LogP contribution in [0, 0.1) is 5.92 Å². The van der Waals surface area contributed by atoms with Gasteiger partial charge in [-0.25, -0.2) is 0 Å². The Labute approximate surface area is 130 Å². The molecule has 1 amide bonds. The number of thiophene rings is 1. The maximum absolute atomic E-state index is 12.9. The van der Waals surface area contributed by atoms with Crippen molar-refractivity contribution in [2.45, 2.75) is 51.4 Å². The van der Waals surface area contributed by atoms with Gasteiger partial charge in [0.2, 0.25) is 5.91 Å². The number of hydrogen-bond acceptors (Lipinski definition) is 4. The fourth-order valence-corrected chi connectivity index (χ4v) is 4.07. The molecule has 2 aliphatic rings. The van der Waals surface area contributed by atoms with Crippen molar-refractivity contribution in [1.29, 1.82) is 0 Å². The van der Waals surface area contributed by atoms with E-state index in [1.54, 1.807) is 11.3 Å². The molecule has 1 aromatic heterocycles. The molecule has 5 heteroatoms. The van der Waals surface area contributed by atoms with Crippen LogP contribution in [0.15, 0.2) is 17.5 Å². The third kappa shape index (κ3) is 3.15. The van der Waals surface area contributed by atoms with Gasteiger partial charge in [-0.1, -0.05) is 19.9 Å². The molecule has 0 saturated carbocycles. The third-order valence-electron chi connectivity index (χ3n) is 4.24. The Bertz CT molecular complexity index is 469. The van der Waals surface area contributed by atoms with E-state index in [9.17, 15) is 4.79 Å². The molecule has 2 saturated heterocycles. The van der Waals surface area contributed by atoms with Crippen molar-refractivity contribution < 1.29 is 9.53 Å². The van der Waals surface area contributed by atoms with E-state index in [-0.39, 0.29) is 24.2 Å². The maximum Gasteiger partial charge on any atom is 0.241 e. The van der Waals surface area contributed by atoms with Crippen LogP contribution in [0.1, 0.15) is 44.2 Å². The molecule has 4 nitrogen and oxygen atoms in total. The van der Waals surface area contributed by atoms with Crippen molar-refractivity contribution in [1.82, 2.24) is 10.2 Å². The summed E-state index contributed by atoms with van der Waals surface area (Å²) in [7, 11) is 0. The molecule has 0 bridgehead atoms. The zero-order valence-electron chi connectivity index (χ0n) is 12.7. The summed E-state index contributed by atoms with van der Waals surface area (Å²) >= 11 is 1.71. The van der Waals surface area contributed by atoms with Crippen molar-refractivity contribution in [3.05, 3.63) is 22.4 Å². The van der Waals surface area contributed by atoms with E-state index in [0.717, 1.165) is 25.9 Å². The first-order valence-corrected chi connectivity index (χ1v) is 8.74. The van der Waals surface area contributed by atoms with Crippen LogP contribution in [0.2, 0.25) is 0 Å². The highest BCUT2D eigenvalue weighted by Crippen LogP contribution is 2.34. The molecular formula is C16H24N2O2S. The standard InChI is InChI=1S/C16H24N2O2S/c1-11(2)9-13-16(19)18(12-5-3-7-20-10-12)15(17-13)14-6-4-8-21-14/h4,6,8,11-13,15,17H,3,5,7,9-10H2,1-2H3. The zero-order chi connectivity index (χ0) is 14.8. The molecule has 2 fully saturated rings. The molecule has 116 valence electrons. The highest BCUT2D eigenvalue weighted by Gasteiger charge is 2.43. The Morgan fingerprint density at radius 1 is 1.52 bits per heavy atom. The quantitative estimate of drug-likeness (QED) is 0.930. The van der Waals surface area contributed by atoms with Gasteiger partial charge < -0.3 is 9.64 Å². The Balaban J connectivity index is 1.83. The molecule has 2 aliphatic heterocycles. The normalized spacial score (nSPS) is 30.3. The molecule has 0 aromatic carbocycles. The van der Waals surface area contributed by atoms with Crippen LogP contribution >= 0.6 is 11.3 Å². The van der Waals surface area contributed by atoms with Gasteiger partial charge in [-0.05, 0) is 36.6 Å². The van der Waals surface area contributed by atoms with Crippen molar-refractivity contribution in [2.24, 2.45) is 5.92 Å². The molecular weight excluding hydrogens is 284 g/mol. The number of hydrogen-bond donors (Lipinski definition) is 1. The number of nitrogens with zero attached hydrogens (tertiary/aromatic N) is 1. The summed E-state index contributed by atoms with van der Waals surface area (Å²) in [4.78, 5) is 16.1. The molecule has 21 heavy (non-hydrogen) atoms. The van der Waals surface area contributed by atoms with Crippen LogP contribution in [0.4, 0.5) is 0 Å². The summed E-state index contributed by atoms with van der Waals surface area (Å²) in [5.41, 5.74) is 0. The first-order valence-electron chi connectivity index (χ1n) is 7.86. The first kappa shape index (κ1) is 15.0. The lowest BCUT2D eigenvalue weighted by Gasteiger charge is -2.34. The minimum atomic E-state index is -0.0565. The minimum absolute atomic E-state index is 0.0212. The number of carbonyl (C=O) groups is 1. The summed E-state index contributed by atoms with van der Waals surface area (Å²) in [6.45, 7) is 5.83. The Kier molecular flexibility index (Phi) is 4.62. The number of ether oxygens (including phenoxy) is 1. The summed E-state index contributed by atoms with van der Waals surface area (Å²) in [5, 5.41) is 5.63. The van der Waals surface area contributed by atoms with Crippen LogP contribution in [-0.2, 0) is 9.53 Å². The van der Waals surface area contributed by atoms with E-state index in [0.29, 0.717) is 12.5 Å². The van der Waals surface area contributed by atoms with Crippen LogP contribution in [-0.4, -0.2) is 36.1 Å². The van der Waals surface area contributed by atoms with Crippen molar-refractivity contribution in [2.75, 3.05) is 13.2 Å². The molecule has 0 spiro atoms. The van der Waals surface area contributed by atoms with E-state index in [2.05, 4.69) is 41.6 Å². The lowest BCUT2D eigenvalue weighted by molar-refractivity contribution is -0.135. The van der Waals surface area contributed by atoms with Crippen LogP contribution in [0.3, 0.4) is 0 Å². The lowest BCUT2D eigenvalue weighted by atomic mass is 10.0. The van der Waals surface area contributed by atoms with Gasteiger partial charge in [-0.15, -0.1) is 11.3 Å². The van der Waals surface area contributed by atoms with Gasteiger partial charge in [0.1, 0.15) is 6.17 Å². The Morgan fingerprint density at radius 3 is 3.00 bits per heavy atom. The van der Waals surface area contributed by atoms with E-state index in [1.807, 2.05) is 0 Å².